The number of fused-ring (bicyclic) bond motifs is 1. The highest BCUT2D eigenvalue weighted by atomic mass is 35.5. The van der Waals surface area contributed by atoms with Crippen LogP contribution in [0.5, 0.6) is 0 Å². The highest BCUT2D eigenvalue weighted by Crippen LogP contribution is 2.27. The molecular formula is C17H16ClNO9. The standard InChI is InChI=1S/C17H16ClNO9/c18-8-2-1-6-3-7(4-19-11(6)10(8)15(24)25)16(26)28-17-14(23)13(22)12(21)9(5-20)27-17/h1-4,9,12-14,17,20-23H,5H2,(H,24,25)/t9-,12-,13+,14-,17+/m1/s1. The number of nitrogens with zero attached hydrogens (tertiary/aromatic N) is 1. The zero-order chi connectivity index (χ0) is 20.6. The number of aromatic nitrogens is 1. The molecule has 1 aliphatic heterocycles. The lowest BCUT2D eigenvalue weighted by atomic mass is 9.99. The Labute approximate surface area is 162 Å². The van der Waals surface area contributed by atoms with Gasteiger partial charge in [-0.1, -0.05) is 17.7 Å². The fraction of sp³-hybridized carbons (Fsp3) is 0.353. The molecule has 28 heavy (non-hydrogen) atoms. The lowest BCUT2D eigenvalue weighted by Crippen LogP contribution is -2.59. The van der Waals surface area contributed by atoms with E-state index >= 15 is 0 Å². The van der Waals surface area contributed by atoms with E-state index in [0.717, 1.165) is 6.20 Å². The van der Waals surface area contributed by atoms with Gasteiger partial charge >= 0.3 is 11.9 Å². The molecule has 2 heterocycles. The summed E-state index contributed by atoms with van der Waals surface area (Å²) in [6, 6.07) is 4.14. The van der Waals surface area contributed by atoms with Crippen LogP contribution in [0.1, 0.15) is 20.7 Å². The number of hydrogen-bond acceptors (Lipinski definition) is 9. The molecule has 2 aromatic rings. The second-order valence-corrected chi connectivity index (χ2v) is 6.53. The fourth-order valence-electron chi connectivity index (χ4n) is 2.83. The van der Waals surface area contributed by atoms with Crippen LogP contribution in [0.2, 0.25) is 5.02 Å². The number of esters is 1. The maximum Gasteiger partial charge on any atom is 0.342 e. The number of ether oxygens (including phenoxy) is 2. The van der Waals surface area contributed by atoms with Gasteiger partial charge in [-0.05, 0) is 12.1 Å². The first-order valence-corrected chi connectivity index (χ1v) is 8.45. The molecule has 0 spiro atoms. The zero-order valence-electron chi connectivity index (χ0n) is 14.1. The zero-order valence-corrected chi connectivity index (χ0v) is 14.9. The molecule has 1 saturated heterocycles. The van der Waals surface area contributed by atoms with Crippen LogP contribution in [-0.2, 0) is 9.47 Å². The van der Waals surface area contributed by atoms with Crippen molar-refractivity contribution in [1.29, 1.82) is 0 Å². The molecule has 150 valence electrons. The summed E-state index contributed by atoms with van der Waals surface area (Å²) in [6.07, 6.45) is -6.83. The number of rotatable bonds is 4. The predicted octanol–water partition coefficient (Wildman–Crippen LogP) is -0.457. The van der Waals surface area contributed by atoms with E-state index in [9.17, 15) is 30.0 Å². The van der Waals surface area contributed by atoms with Crippen LogP contribution in [0.4, 0.5) is 0 Å². The molecule has 1 aromatic heterocycles. The normalized spacial score (nSPS) is 27.5. The monoisotopic (exact) mass is 413 g/mol. The van der Waals surface area contributed by atoms with Crippen molar-refractivity contribution < 1.29 is 44.6 Å². The van der Waals surface area contributed by atoms with Crippen LogP contribution < -0.4 is 0 Å². The summed E-state index contributed by atoms with van der Waals surface area (Å²) in [5, 5.41) is 48.1. The summed E-state index contributed by atoms with van der Waals surface area (Å²) < 4.78 is 10.1. The first kappa shape index (κ1) is 20.4. The number of hydrogen-bond donors (Lipinski definition) is 5. The van der Waals surface area contributed by atoms with E-state index in [-0.39, 0.29) is 21.7 Å². The summed E-state index contributed by atoms with van der Waals surface area (Å²) in [4.78, 5) is 27.7. The molecule has 1 fully saturated rings. The first-order valence-electron chi connectivity index (χ1n) is 8.07. The quantitative estimate of drug-likeness (QED) is 0.414. The SMILES string of the molecule is O=C(O[C@@H]1O[C@H](CO)[C@@H](O)[C@H](O)[C@H]1O)c1cnc2c(C(=O)O)c(Cl)ccc2c1. The van der Waals surface area contributed by atoms with Gasteiger partial charge < -0.3 is 35.0 Å². The van der Waals surface area contributed by atoms with Crippen molar-refractivity contribution in [2.24, 2.45) is 0 Å². The van der Waals surface area contributed by atoms with Gasteiger partial charge in [0.25, 0.3) is 0 Å². The molecule has 0 saturated carbocycles. The number of carboxylic acid groups (broad SMARTS) is 1. The molecular weight excluding hydrogens is 398 g/mol. The largest absolute Gasteiger partial charge is 0.478 e. The Morgan fingerprint density at radius 3 is 2.54 bits per heavy atom. The third kappa shape index (κ3) is 3.65. The van der Waals surface area contributed by atoms with Crippen LogP contribution >= 0.6 is 11.6 Å². The second-order valence-electron chi connectivity index (χ2n) is 6.13. The summed E-state index contributed by atoms with van der Waals surface area (Å²) in [5.41, 5.74) is -0.222. The predicted molar refractivity (Wildman–Crippen MR) is 92.9 cm³/mol. The molecule has 1 aliphatic rings. The highest BCUT2D eigenvalue weighted by Gasteiger charge is 2.45. The topological polar surface area (TPSA) is 167 Å². The van der Waals surface area contributed by atoms with E-state index < -0.39 is 49.3 Å². The molecule has 0 aliphatic carbocycles. The van der Waals surface area contributed by atoms with Gasteiger partial charge in [-0.15, -0.1) is 0 Å². The van der Waals surface area contributed by atoms with E-state index in [1.807, 2.05) is 0 Å². The van der Waals surface area contributed by atoms with Crippen molar-refractivity contribution in [2.75, 3.05) is 6.61 Å². The Hall–Kier alpha value is -2.34. The molecule has 5 atom stereocenters. The van der Waals surface area contributed by atoms with Gasteiger partial charge in [0.1, 0.15) is 30.0 Å². The van der Waals surface area contributed by atoms with Crippen LogP contribution in [0.25, 0.3) is 10.9 Å². The number of aromatic carboxylic acids is 1. The molecule has 0 amide bonds. The Bertz CT molecular complexity index is 919. The van der Waals surface area contributed by atoms with Gasteiger partial charge in [0.05, 0.1) is 22.7 Å². The smallest absolute Gasteiger partial charge is 0.342 e. The van der Waals surface area contributed by atoms with Gasteiger partial charge in [0.15, 0.2) is 0 Å². The highest BCUT2D eigenvalue weighted by molar-refractivity contribution is 6.35. The van der Waals surface area contributed by atoms with Crippen molar-refractivity contribution in [3.63, 3.8) is 0 Å². The number of pyridine rings is 1. The lowest BCUT2D eigenvalue weighted by Gasteiger charge is -2.39. The molecule has 11 heteroatoms. The van der Waals surface area contributed by atoms with Gasteiger partial charge in [-0.3, -0.25) is 4.98 Å². The average Bonchev–Trinajstić information content (AvgIpc) is 2.67. The summed E-state index contributed by atoms with van der Waals surface area (Å²) in [5.74, 6) is -2.26. The Balaban J connectivity index is 1.86. The second kappa shape index (κ2) is 7.95. The third-order valence-corrected chi connectivity index (χ3v) is 4.64. The Kier molecular flexibility index (Phi) is 5.79. The van der Waals surface area contributed by atoms with Crippen molar-refractivity contribution in [3.05, 3.63) is 40.5 Å². The molecule has 3 rings (SSSR count). The van der Waals surface area contributed by atoms with Gasteiger partial charge in [-0.25, -0.2) is 9.59 Å². The van der Waals surface area contributed by atoms with E-state index in [2.05, 4.69) is 4.98 Å². The molecule has 5 N–H and O–H groups in total. The molecule has 0 unspecified atom stereocenters. The maximum atomic E-state index is 12.4. The molecule has 10 nitrogen and oxygen atoms in total. The lowest BCUT2D eigenvalue weighted by molar-refractivity contribution is -0.285. The van der Waals surface area contributed by atoms with Crippen molar-refractivity contribution in [2.45, 2.75) is 30.7 Å². The minimum atomic E-state index is -1.74. The van der Waals surface area contributed by atoms with Crippen LogP contribution in [0.15, 0.2) is 24.4 Å². The molecule has 1 aromatic carbocycles. The third-order valence-electron chi connectivity index (χ3n) is 4.32. The van der Waals surface area contributed by atoms with Gasteiger partial charge in [-0.2, -0.15) is 0 Å². The van der Waals surface area contributed by atoms with Crippen molar-refractivity contribution in [1.82, 2.24) is 4.98 Å². The van der Waals surface area contributed by atoms with Crippen LogP contribution in [0.3, 0.4) is 0 Å². The maximum absolute atomic E-state index is 12.4. The summed E-state index contributed by atoms with van der Waals surface area (Å²) >= 11 is 5.88. The average molecular weight is 414 g/mol. The van der Waals surface area contributed by atoms with Crippen molar-refractivity contribution in [3.8, 4) is 0 Å². The van der Waals surface area contributed by atoms with Gasteiger partial charge in [0, 0.05) is 11.6 Å². The van der Waals surface area contributed by atoms with E-state index in [1.54, 1.807) is 0 Å². The summed E-state index contributed by atoms with van der Waals surface area (Å²) in [6.45, 7) is -0.671. The number of carbonyl (C=O) groups is 2. The minimum Gasteiger partial charge on any atom is -0.478 e. The minimum absolute atomic E-state index is 0.0101. The molecule has 0 radical (unpaired) electrons. The molecule has 0 bridgehead atoms. The first-order chi connectivity index (χ1) is 13.2. The number of halogens is 1. The van der Waals surface area contributed by atoms with E-state index in [1.165, 1.54) is 18.2 Å². The number of carboxylic acids is 1. The number of benzene rings is 1. The number of aliphatic hydroxyl groups is 4. The van der Waals surface area contributed by atoms with Crippen molar-refractivity contribution >= 4 is 34.4 Å². The van der Waals surface area contributed by atoms with Gasteiger partial charge in [0.2, 0.25) is 6.29 Å². The Morgan fingerprint density at radius 1 is 1.18 bits per heavy atom. The number of aliphatic hydroxyl groups excluding tert-OH is 4. The fourth-order valence-corrected chi connectivity index (χ4v) is 3.06. The van der Waals surface area contributed by atoms with E-state index in [0.29, 0.717) is 5.39 Å². The van der Waals surface area contributed by atoms with Crippen LogP contribution in [-0.4, -0.2) is 79.8 Å². The van der Waals surface area contributed by atoms with Crippen LogP contribution in [0, 0.1) is 0 Å². The Morgan fingerprint density at radius 2 is 1.89 bits per heavy atom. The van der Waals surface area contributed by atoms with E-state index in [4.69, 9.17) is 26.2 Å². The number of carbonyl (C=O) groups excluding carboxylic acids is 1. The summed E-state index contributed by atoms with van der Waals surface area (Å²) in [7, 11) is 0.